The van der Waals surface area contributed by atoms with Gasteiger partial charge < -0.3 is 10.6 Å². The number of carbonyl (C=O) groups is 1. The summed E-state index contributed by atoms with van der Waals surface area (Å²) in [4.78, 5) is 12.6. The highest BCUT2D eigenvalue weighted by atomic mass is 16.1. The quantitative estimate of drug-likeness (QED) is 0.840. The largest absolute Gasteiger partial charge is 0.368 e. The van der Waals surface area contributed by atoms with E-state index in [1.54, 1.807) is 18.0 Å². The molecule has 90 valence electrons. The van der Waals surface area contributed by atoms with E-state index in [0.29, 0.717) is 11.2 Å². The normalized spacial score (nSPS) is 10.0. The molecule has 0 unspecified atom stereocenters. The van der Waals surface area contributed by atoms with Crippen LogP contribution in [0.4, 0.5) is 5.69 Å². The minimum Gasteiger partial charge on any atom is -0.368 e. The van der Waals surface area contributed by atoms with E-state index in [9.17, 15) is 4.79 Å². The lowest BCUT2D eigenvalue weighted by Crippen LogP contribution is -2.31. The van der Waals surface area contributed by atoms with Crippen molar-refractivity contribution < 1.29 is 4.79 Å². The smallest absolute Gasteiger partial charge is 0.236 e. The summed E-state index contributed by atoms with van der Waals surface area (Å²) in [5, 5.41) is 17.6. The lowest BCUT2D eigenvalue weighted by atomic mass is 10.1. The third-order valence-electron chi connectivity index (χ3n) is 2.52. The van der Waals surface area contributed by atoms with Crippen LogP contribution in [0.25, 0.3) is 10.9 Å². The van der Waals surface area contributed by atoms with Gasteiger partial charge >= 0.3 is 0 Å². The van der Waals surface area contributed by atoms with Gasteiger partial charge in [0.2, 0.25) is 5.91 Å². The Bertz CT molecular complexity index is 646. The van der Waals surface area contributed by atoms with Gasteiger partial charge in [0.25, 0.3) is 0 Å². The third kappa shape index (κ3) is 2.06. The molecule has 0 bridgehead atoms. The minimum atomic E-state index is -0.470. The van der Waals surface area contributed by atoms with Crippen LogP contribution >= 0.6 is 0 Å². The maximum Gasteiger partial charge on any atom is 0.236 e. The van der Waals surface area contributed by atoms with Crippen molar-refractivity contribution in [1.82, 2.24) is 10.2 Å². The van der Waals surface area contributed by atoms with E-state index >= 15 is 0 Å². The predicted octanol–water partition coefficient (Wildman–Crippen LogP) is 0.423. The molecule has 0 radical (unpaired) electrons. The third-order valence-corrected chi connectivity index (χ3v) is 2.52. The minimum absolute atomic E-state index is 0.0182. The summed E-state index contributed by atoms with van der Waals surface area (Å²) in [7, 11) is 1.69. The van der Waals surface area contributed by atoms with E-state index < -0.39 is 5.91 Å². The van der Waals surface area contributed by atoms with Crippen LogP contribution in [-0.2, 0) is 4.79 Å². The number of carbonyl (C=O) groups excluding carboxylic acids is 1. The van der Waals surface area contributed by atoms with Crippen LogP contribution in [0, 0.1) is 11.3 Å². The van der Waals surface area contributed by atoms with E-state index in [1.807, 2.05) is 24.3 Å². The van der Waals surface area contributed by atoms with E-state index in [-0.39, 0.29) is 12.2 Å². The van der Waals surface area contributed by atoms with E-state index in [0.717, 1.165) is 5.39 Å². The number of rotatable bonds is 3. The number of primary amides is 1. The number of hydrogen-bond donors (Lipinski definition) is 1. The van der Waals surface area contributed by atoms with Crippen LogP contribution in [0.3, 0.4) is 0 Å². The molecule has 0 saturated carbocycles. The molecule has 1 aromatic heterocycles. The molecule has 0 spiro atoms. The van der Waals surface area contributed by atoms with Crippen molar-refractivity contribution in [2.24, 2.45) is 5.73 Å². The highest BCUT2D eigenvalue weighted by Gasteiger charge is 2.15. The lowest BCUT2D eigenvalue weighted by molar-refractivity contribution is -0.116. The molecule has 0 fully saturated rings. The standard InChI is InChI=1S/C12H11N5O/c1-17(7-11(14)18)12-8-4-2-3-5-9(8)15-16-10(12)6-13/h2-5H,7H2,1H3,(H2,14,18). The summed E-state index contributed by atoms with van der Waals surface area (Å²) in [6.45, 7) is 0.0182. The number of anilines is 1. The Balaban J connectivity index is 2.65. The number of hydrogen-bond acceptors (Lipinski definition) is 5. The average molecular weight is 241 g/mol. The molecule has 6 heteroatoms. The van der Waals surface area contributed by atoms with Gasteiger partial charge in [-0.25, -0.2) is 0 Å². The summed E-state index contributed by atoms with van der Waals surface area (Å²) in [6.07, 6.45) is 0. The van der Waals surface area contributed by atoms with Crippen LogP contribution in [-0.4, -0.2) is 29.7 Å². The fourth-order valence-electron chi connectivity index (χ4n) is 1.81. The summed E-state index contributed by atoms with van der Waals surface area (Å²) in [5.74, 6) is -0.470. The number of benzene rings is 1. The molecule has 2 aromatic rings. The lowest BCUT2D eigenvalue weighted by Gasteiger charge is -2.19. The zero-order valence-electron chi connectivity index (χ0n) is 9.79. The summed E-state index contributed by atoms with van der Waals surface area (Å²) < 4.78 is 0. The maximum absolute atomic E-state index is 11.0. The maximum atomic E-state index is 11.0. The second-order valence-electron chi connectivity index (χ2n) is 3.85. The SMILES string of the molecule is CN(CC(N)=O)c1c(C#N)nnc2ccccc12. The zero-order valence-corrected chi connectivity index (χ0v) is 9.79. The van der Waals surface area contributed by atoms with Crippen molar-refractivity contribution in [1.29, 1.82) is 5.26 Å². The van der Waals surface area contributed by atoms with Crippen molar-refractivity contribution in [3.8, 4) is 6.07 Å². The van der Waals surface area contributed by atoms with Gasteiger partial charge in [0, 0.05) is 12.4 Å². The molecule has 1 heterocycles. The van der Waals surface area contributed by atoms with Crippen LogP contribution in [0.15, 0.2) is 24.3 Å². The number of nitrogens with zero attached hydrogens (tertiary/aromatic N) is 4. The highest BCUT2D eigenvalue weighted by Crippen LogP contribution is 2.26. The van der Waals surface area contributed by atoms with Gasteiger partial charge in [-0.3, -0.25) is 4.79 Å². The first-order valence-corrected chi connectivity index (χ1v) is 5.28. The Hall–Kier alpha value is -2.68. The first-order chi connectivity index (χ1) is 8.63. The summed E-state index contributed by atoms with van der Waals surface area (Å²) in [5.41, 5.74) is 6.59. The zero-order chi connectivity index (χ0) is 13.1. The van der Waals surface area contributed by atoms with Crippen molar-refractivity contribution >= 4 is 22.5 Å². The Labute approximate surface area is 104 Å². The van der Waals surface area contributed by atoms with Gasteiger partial charge in [0.15, 0.2) is 5.69 Å². The van der Waals surface area contributed by atoms with Crippen molar-refractivity contribution in [2.45, 2.75) is 0 Å². The summed E-state index contributed by atoms with van der Waals surface area (Å²) >= 11 is 0. The molecular formula is C12H11N5O. The molecule has 0 atom stereocenters. The Morgan fingerprint density at radius 1 is 1.44 bits per heavy atom. The molecule has 0 aliphatic rings. The van der Waals surface area contributed by atoms with Crippen LogP contribution < -0.4 is 10.6 Å². The molecule has 2 N–H and O–H groups in total. The summed E-state index contributed by atoms with van der Waals surface area (Å²) in [6, 6.07) is 9.28. The molecule has 2 rings (SSSR count). The van der Waals surface area contributed by atoms with Gasteiger partial charge in [-0.1, -0.05) is 18.2 Å². The molecule has 0 aliphatic carbocycles. The van der Waals surface area contributed by atoms with Crippen molar-refractivity contribution in [2.75, 3.05) is 18.5 Å². The number of amides is 1. The van der Waals surface area contributed by atoms with Crippen molar-refractivity contribution in [3.63, 3.8) is 0 Å². The Morgan fingerprint density at radius 3 is 2.83 bits per heavy atom. The van der Waals surface area contributed by atoms with E-state index in [1.165, 1.54) is 0 Å². The number of fused-ring (bicyclic) bond motifs is 1. The first-order valence-electron chi connectivity index (χ1n) is 5.28. The predicted molar refractivity (Wildman–Crippen MR) is 66.7 cm³/mol. The van der Waals surface area contributed by atoms with Crippen LogP contribution in [0.2, 0.25) is 0 Å². The second-order valence-corrected chi connectivity index (χ2v) is 3.85. The molecule has 1 aromatic carbocycles. The van der Waals surface area contributed by atoms with Crippen LogP contribution in [0.5, 0.6) is 0 Å². The number of nitrogens with two attached hydrogens (primary N) is 1. The molecule has 0 aliphatic heterocycles. The Kier molecular flexibility index (Phi) is 3.06. The monoisotopic (exact) mass is 241 g/mol. The molecule has 0 saturated heterocycles. The number of nitriles is 1. The van der Waals surface area contributed by atoms with Crippen LogP contribution in [0.1, 0.15) is 5.69 Å². The van der Waals surface area contributed by atoms with Gasteiger partial charge in [-0.05, 0) is 6.07 Å². The van der Waals surface area contributed by atoms with Gasteiger partial charge in [-0.2, -0.15) is 5.26 Å². The van der Waals surface area contributed by atoms with Gasteiger partial charge in [0.1, 0.15) is 6.07 Å². The van der Waals surface area contributed by atoms with Gasteiger partial charge in [-0.15, -0.1) is 10.2 Å². The van der Waals surface area contributed by atoms with Crippen molar-refractivity contribution in [3.05, 3.63) is 30.0 Å². The number of likely N-dealkylation sites (N-methyl/N-ethyl adjacent to an activating group) is 1. The Morgan fingerprint density at radius 2 is 2.17 bits per heavy atom. The topological polar surface area (TPSA) is 95.9 Å². The highest BCUT2D eigenvalue weighted by molar-refractivity contribution is 5.94. The fraction of sp³-hybridized carbons (Fsp3) is 0.167. The molecular weight excluding hydrogens is 230 g/mol. The first kappa shape index (κ1) is 11.8. The molecule has 1 amide bonds. The molecule has 6 nitrogen and oxygen atoms in total. The molecule has 18 heavy (non-hydrogen) atoms. The van der Waals surface area contributed by atoms with E-state index in [4.69, 9.17) is 11.0 Å². The average Bonchev–Trinajstić information content (AvgIpc) is 2.36. The van der Waals surface area contributed by atoms with Gasteiger partial charge in [0.05, 0.1) is 17.7 Å². The van der Waals surface area contributed by atoms with E-state index in [2.05, 4.69) is 10.2 Å². The number of aromatic nitrogens is 2. The fourth-order valence-corrected chi connectivity index (χ4v) is 1.81. The second kappa shape index (κ2) is 4.67.